The van der Waals surface area contributed by atoms with Gasteiger partial charge in [-0.3, -0.25) is 9.59 Å². The largest absolute Gasteiger partial charge is 0.497 e. The molecular weight excluding hydrogens is 537 g/mol. The van der Waals surface area contributed by atoms with Crippen molar-refractivity contribution < 1.29 is 35.6 Å². The molecule has 4 rings (SSSR count). The van der Waals surface area contributed by atoms with Crippen LogP contribution in [0.25, 0.3) is 0 Å². The first-order chi connectivity index (χ1) is 17.9. The van der Waals surface area contributed by atoms with Crippen LogP contribution in [0.15, 0.2) is 82.6 Å². The van der Waals surface area contributed by atoms with Gasteiger partial charge in [-0.2, -0.15) is 4.31 Å². The molecular formula is C25H24FN3O7S2. The maximum atomic E-state index is 13.6. The maximum Gasteiger partial charge on any atom is 0.252 e. The van der Waals surface area contributed by atoms with Gasteiger partial charge in [0.25, 0.3) is 5.91 Å². The number of hydrogen-bond donors (Lipinski definition) is 1. The molecule has 1 heterocycles. The third kappa shape index (κ3) is 5.60. The van der Waals surface area contributed by atoms with E-state index in [0.29, 0.717) is 11.3 Å². The number of ether oxygens (including phenoxy) is 1. The Hall–Kier alpha value is -3.65. The van der Waals surface area contributed by atoms with Crippen molar-refractivity contribution in [1.29, 1.82) is 0 Å². The molecule has 1 saturated heterocycles. The predicted molar refractivity (Wildman–Crippen MR) is 136 cm³/mol. The van der Waals surface area contributed by atoms with Crippen molar-refractivity contribution >= 4 is 37.5 Å². The molecule has 200 valence electrons. The fourth-order valence-corrected chi connectivity index (χ4v) is 6.21. The Morgan fingerprint density at radius 3 is 2.05 bits per heavy atom. The van der Waals surface area contributed by atoms with Crippen LogP contribution < -0.4 is 14.8 Å². The highest BCUT2D eigenvalue weighted by Gasteiger charge is 2.46. The number of halogens is 1. The van der Waals surface area contributed by atoms with Gasteiger partial charge >= 0.3 is 0 Å². The van der Waals surface area contributed by atoms with E-state index in [9.17, 15) is 30.8 Å². The van der Waals surface area contributed by atoms with Crippen molar-refractivity contribution in [2.45, 2.75) is 28.7 Å². The number of nitrogens with zero attached hydrogens (tertiary/aromatic N) is 2. The highest BCUT2D eigenvalue weighted by molar-refractivity contribution is 7.89. The van der Waals surface area contributed by atoms with Crippen LogP contribution in [-0.4, -0.2) is 52.7 Å². The lowest BCUT2D eigenvalue weighted by molar-refractivity contribution is -0.122. The van der Waals surface area contributed by atoms with Crippen molar-refractivity contribution in [3.63, 3.8) is 0 Å². The second kappa shape index (κ2) is 10.6. The van der Waals surface area contributed by atoms with E-state index in [-0.39, 0.29) is 28.4 Å². The maximum absolute atomic E-state index is 13.6. The third-order valence-electron chi connectivity index (χ3n) is 6.09. The van der Waals surface area contributed by atoms with Crippen LogP contribution in [0.4, 0.5) is 10.1 Å². The van der Waals surface area contributed by atoms with Crippen molar-refractivity contribution in [1.82, 2.24) is 4.31 Å². The highest BCUT2D eigenvalue weighted by atomic mass is 32.2. The van der Waals surface area contributed by atoms with Crippen molar-refractivity contribution in [3.05, 3.63) is 84.2 Å². The molecule has 1 fully saturated rings. The molecule has 1 aliphatic rings. The summed E-state index contributed by atoms with van der Waals surface area (Å²) in [6.07, 6.45) is -0.304. The molecule has 0 aliphatic carbocycles. The second-order valence-electron chi connectivity index (χ2n) is 8.49. The van der Waals surface area contributed by atoms with Gasteiger partial charge in [-0.05, 0) is 72.6 Å². The summed E-state index contributed by atoms with van der Waals surface area (Å²) in [5.41, 5.74) is 0.835. The number of anilines is 1. The Kier molecular flexibility index (Phi) is 7.65. The third-order valence-corrected chi connectivity index (χ3v) is 8.95. The summed E-state index contributed by atoms with van der Waals surface area (Å²) in [5, 5.41) is 5.13. The number of nitrogens with two attached hydrogens (primary N) is 1. The minimum Gasteiger partial charge on any atom is -0.497 e. The van der Waals surface area contributed by atoms with Crippen molar-refractivity contribution in [3.8, 4) is 5.75 Å². The number of primary sulfonamides is 1. The smallest absolute Gasteiger partial charge is 0.252 e. The van der Waals surface area contributed by atoms with Gasteiger partial charge in [0, 0.05) is 6.54 Å². The van der Waals surface area contributed by atoms with E-state index in [0.717, 1.165) is 33.5 Å². The minimum absolute atomic E-state index is 0.0891. The van der Waals surface area contributed by atoms with E-state index >= 15 is 0 Å². The van der Waals surface area contributed by atoms with Gasteiger partial charge in [0.1, 0.15) is 17.6 Å². The average molecular weight is 562 g/mol. The molecule has 2 N–H and O–H groups in total. The number of methoxy groups -OCH3 is 1. The lowest BCUT2D eigenvalue weighted by Crippen LogP contribution is -2.46. The zero-order valence-electron chi connectivity index (χ0n) is 20.2. The summed E-state index contributed by atoms with van der Waals surface area (Å²) in [6, 6.07) is 14.5. The number of carbonyl (C=O) groups excluding carboxylic acids is 2. The van der Waals surface area contributed by atoms with Crippen LogP contribution in [0.2, 0.25) is 0 Å². The van der Waals surface area contributed by atoms with Gasteiger partial charge in [-0.25, -0.2) is 31.3 Å². The molecule has 1 unspecified atom stereocenters. The molecule has 38 heavy (non-hydrogen) atoms. The van der Waals surface area contributed by atoms with E-state index in [1.54, 1.807) is 12.1 Å². The van der Waals surface area contributed by atoms with Crippen LogP contribution in [0.1, 0.15) is 12.0 Å². The average Bonchev–Trinajstić information content (AvgIpc) is 3.17. The van der Waals surface area contributed by atoms with Crippen LogP contribution in [-0.2, 0) is 36.1 Å². The fourth-order valence-electron chi connectivity index (χ4n) is 4.11. The number of sulfonamides is 2. The summed E-state index contributed by atoms with van der Waals surface area (Å²) in [7, 11) is -6.78. The number of rotatable bonds is 9. The zero-order chi connectivity index (χ0) is 27.7. The molecule has 0 aromatic heterocycles. The summed E-state index contributed by atoms with van der Waals surface area (Å²) >= 11 is 0. The van der Waals surface area contributed by atoms with Gasteiger partial charge in [0.15, 0.2) is 0 Å². The first-order valence-corrected chi connectivity index (χ1v) is 14.3. The molecule has 3 aromatic rings. The molecule has 1 aliphatic heterocycles. The Morgan fingerprint density at radius 2 is 1.50 bits per heavy atom. The minimum atomic E-state index is -4.34. The van der Waals surface area contributed by atoms with E-state index in [2.05, 4.69) is 0 Å². The first kappa shape index (κ1) is 27.4. The Bertz CT molecular complexity index is 1560. The predicted octanol–water partition coefficient (Wildman–Crippen LogP) is 2.05. The van der Waals surface area contributed by atoms with Crippen molar-refractivity contribution in [2.75, 3.05) is 18.6 Å². The van der Waals surface area contributed by atoms with Crippen LogP contribution in [0.3, 0.4) is 0 Å². The summed E-state index contributed by atoms with van der Waals surface area (Å²) in [5.74, 6) is -1.43. The Balaban J connectivity index is 1.67. The van der Waals surface area contributed by atoms with Gasteiger partial charge < -0.3 is 4.74 Å². The second-order valence-corrected chi connectivity index (χ2v) is 11.9. The quantitative estimate of drug-likeness (QED) is 0.394. The first-order valence-electron chi connectivity index (χ1n) is 11.3. The van der Waals surface area contributed by atoms with E-state index < -0.39 is 50.1 Å². The normalized spacial score (nSPS) is 16.3. The number of carbonyl (C=O) groups is 2. The number of benzene rings is 3. The fraction of sp³-hybridized carbons (Fsp3) is 0.200. The molecule has 2 amide bonds. The monoisotopic (exact) mass is 561 g/mol. The molecule has 10 nitrogen and oxygen atoms in total. The molecule has 0 bridgehead atoms. The lowest BCUT2D eigenvalue weighted by Gasteiger charge is -2.27. The molecule has 0 spiro atoms. The Morgan fingerprint density at radius 1 is 0.921 bits per heavy atom. The number of amides is 2. The molecule has 3 aromatic carbocycles. The highest BCUT2D eigenvalue weighted by Crippen LogP contribution is 2.30. The number of imide groups is 1. The molecule has 13 heteroatoms. The zero-order valence-corrected chi connectivity index (χ0v) is 21.8. The SMILES string of the molecule is COc1ccc(N2C(=O)CC(N(CCc3ccc(S(N)(=O)=O)cc3)S(=O)(=O)c3ccc(F)cc3)C2=O)cc1. The summed E-state index contributed by atoms with van der Waals surface area (Å²) in [6.45, 7) is -0.214. The molecule has 0 saturated carbocycles. The summed E-state index contributed by atoms with van der Waals surface area (Å²) < 4.78 is 69.8. The van der Waals surface area contributed by atoms with Gasteiger partial charge in [-0.15, -0.1) is 0 Å². The van der Waals surface area contributed by atoms with E-state index in [1.807, 2.05) is 0 Å². The van der Waals surface area contributed by atoms with E-state index in [4.69, 9.17) is 9.88 Å². The van der Waals surface area contributed by atoms with Crippen LogP contribution in [0, 0.1) is 5.82 Å². The van der Waals surface area contributed by atoms with Crippen molar-refractivity contribution in [2.24, 2.45) is 5.14 Å². The van der Waals surface area contributed by atoms with Crippen LogP contribution >= 0.6 is 0 Å². The molecule has 1 atom stereocenters. The van der Waals surface area contributed by atoms with Crippen LogP contribution in [0.5, 0.6) is 5.75 Å². The lowest BCUT2D eigenvalue weighted by atomic mass is 10.1. The number of hydrogen-bond acceptors (Lipinski definition) is 7. The Labute approximate surface area is 219 Å². The summed E-state index contributed by atoms with van der Waals surface area (Å²) in [4.78, 5) is 26.9. The van der Waals surface area contributed by atoms with Gasteiger partial charge in [0.2, 0.25) is 26.0 Å². The molecule has 0 radical (unpaired) electrons. The van der Waals surface area contributed by atoms with Gasteiger partial charge in [0.05, 0.1) is 29.0 Å². The van der Waals surface area contributed by atoms with Gasteiger partial charge in [-0.1, -0.05) is 12.1 Å². The van der Waals surface area contributed by atoms with E-state index in [1.165, 1.54) is 43.5 Å². The standard InChI is InChI=1S/C25H24FN3O7S2/c1-36-20-8-6-19(7-9-20)29-24(30)16-23(25(29)31)28(38(34,35)22-12-4-18(26)5-13-22)15-14-17-2-10-21(11-3-17)37(27,32)33/h2-13,23H,14-16H2,1H3,(H2,27,32,33). The topological polar surface area (TPSA) is 144 Å².